The lowest BCUT2D eigenvalue weighted by Crippen LogP contribution is -1.81. The van der Waals surface area contributed by atoms with E-state index in [2.05, 4.69) is 0 Å². The summed E-state index contributed by atoms with van der Waals surface area (Å²) in [5, 5.41) is 19.2. The minimum absolute atomic E-state index is 0.0255. The second-order valence-corrected chi connectivity index (χ2v) is 4.15. The maximum atomic E-state index is 9.30. The first-order chi connectivity index (χ1) is 7.58. The van der Waals surface area contributed by atoms with Gasteiger partial charge in [-0.2, -0.15) is 0 Å². The van der Waals surface area contributed by atoms with Gasteiger partial charge in [-0.1, -0.05) is 35.3 Å². The van der Waals surface area contributed by atoms with Crippen molar-refractivity contribution in [2.75, 3.05) is 0 Å². The largest absolute Gasteiger partial charge is 0.508 e. The maximum Gasteiger partial charge on any atom is 0.118 e. The molecule has 2 rings (SSSR count). The maximum absolute atomic E-state index is 9.30. The van der Waals surface area contributed by atoms with Gasteiger partial charge in [0.15, 0.2) is 0 Å². The Labute approximate surface area is 103 Å². The van der Waals surface area contributed by atoms with E-state index >= 15 is 0 Å². The summed E-state index contributed by atoms with van der Waals surface area (Å²) in [5.41, 5.74) is 1.42. The minimum Gasteiger partial charge on any atom is -0.508 e. The van der Waals surface area contributed by atoms with Gasteiger partial charge in [0.1, 0.15) is 11.5 Å². The van der Waals surface area contributed by atoms with E-state index in [9.17, 15) is 10.2 Å². The monoisotopic (exact) mass is 254 g/mol. The van der Waals surface area contributed by atoms with Gasteiger partial charge in [-0.15, -0.1) is 0 Å². The molecule has 2 nitrogen and oxygen atoms in total. The number of benzene rings is 2. The van der Waals surface area contributed by atoms with E-state index < -0.39 is 0 Å². The second-order valence-electron chi connectivity index (χ2n) is 3.33. The highest BCUT2D eigenvalue weighted by Crippen LogP contribution is 2.37. The summed E-state index contributed by atoms with van der Waals surface area (Å²) in [5.74, 6) is 0.201. The average Bonchev–Trinajstić information content (AvgIpc) is 2.19. The molecule has 0 amide bonds. The van der Waals surface area contributed by atoms with Crippen LogP contribution in [0.4, 0.5) is 0 Å². The van der Waals surface area contributed by atoms with Crippen molar-refractivity contribution < 1.29 is 10.2 Å². The molecule has 0 aliphatic heterocycles. The van der Waals surface area contributed by atoms with E-state index in [1.54, 1.807) is 24.3 Å². The van der Waals surface area contributed by atoms with Crippen LogP contribution in [0, 0.1) is 0 Å². The summed E-state index contributed by atoms with van der Waals surface area (Å²) in [6.45, 7) is 0. The van der Waals surface area contributed by atoms with E-state index in [-0.39, 0.29) is 11.5 Å². The van der Waals surface area contributed by atoms with Gasteiger partial charge >= 0.3 is 0 Å². The van der Waals surface area contributed by atoms with Crippen LogP contribution < -0.4 is 0 Å². The summed E-state index contributed by atoms with van der Waals surface area (Å²) in [6.07, 6.45) is 0. The number of hydrogen-bond acceptors (Lipinski definition) is 2. The van der Waals surface area contributed by atoms with Crippen LogP contribution in [0.1, 0.15) is 0 Å². The topological polar surface area (TPSA) is 40.5 Å². The van der Waals surface area contributed by atoms with Crippen molar-refractivity contribution in [2.24, 2.45) is 0 Å². The smallest absolute Gasteiger partial charge is 0.118 e. The van der Waals surface area contributed by atoms with Crippen molar-refractivity contribution >= 4 is 23.2 Å². The summed E-state index contributed by atoms with van der Waals surface area (Å²) >= 11 is 12.0. The van der Waals surface area contributed by atoms with Crippen LogP contribution in [0.2, 0.25) is 10.0 Å². The molecular weight excluding hydrogens is 247 g/mol. The zero-order valence-corrected chi connectivity index (χ0v) is 9.63. The highest BCUT2D eigenvalue weighted by molar-refractivity contribution is 6.39. The molecule has 0 unspecified atom stereocenters. The molecule has 0 atom stereocenters. The fourth-order valence-electron chi connectivity index (χ4n) is 1.46. The Morgan fingerprint density at radius 1 is 0.750 bits per heavy atom. The number of rotatable bonds is 1. The molecular formula is C12H8Cl2O2. The molecule has 16 heavy (non-hydrogen) atoms. The Hall–Kier alpha value is -1.38. The number of phenolic OH excluding ortho intramolecular Hbond substituents is 2. The first-order valence-electron chi connectivity index (χ1n) is 4.55. The van der Waals surface area contributed by atoms with Crippen molar-refractivity contribution in [3.63, 3.8) is 0 Å². The van der Waals surface area contributed by atoms with Crippen LogP contribution in [-0.2, 0) is 0 Å². The highest BCUT2D eigenvalue weighted by Gasteiger charge is 2.10. The van der Waals surface area contributed by atoms with Gasteiger partial charge < -0.3 is 10.2 Å². The van der Waals surface area contributed by atoms with Gasteiger partial charge in [0, 0.05) is 5.56 Å². The Bertz CT molecular complexity index is 498. The molecule has 0 bridgehead atoms. The molecule has 0 aliphatic carbocycles. The Morgan fingerprint density at radius 2 is 1.25 bits per heavy atom. The van der Waals surface area contributed by atoms with Crippen LogP contribution in [0.25, 0.3) is 11.1 Å². The normalized spacial score (nSPS) is 10.4. The van der Waals surface area contributed by atoms with Crippen LogP contribution in [-0.4, -0.2) is 10.2 Å². The Kier molecular flexibility index (Phi) is 2.95. The quantitative estimate of drug-likeness (QED) is 0.806. The summed E-state index contributed by atoms with van der Waals surface area (Å²) < 4.78 is 0. The van der Waals surface area contributed by atoms with Crippen LogP contribution in [0.5, 0.6) is 11.5 Å². The summed E-state index contributed by atoms with van der Waals surface area (Å²) in [6, 6.07) is 9.37. The minimum atomic E-state index is 0.0255. The summed E-state index contributed by atoms with van der Waals surface area (Å²) in [7, 11) is 0. The molecule has 0 fully saturated rings. The molecule has 0 radical (unpaired) electrons. The predicted molar refractivity (Wildman–Crippen MR) is 65.2 cm³/mol. The fourth-order valence-corrected chi connectivity index (χ4v) is 2.16. The zero-order valence-electron chi connectivity index (χ0n) is 8.11. The van der Waals surface area contributed by atoms with Crippen molar-refractivity contribution in [2.45, 2.75) is 0 Å². The summed E-state index contributed by atoms with van der Waals surface area (Å²) in [4.78, 5) is 0. The van der Waals surface area contributed by atoms with Crippen LogP contribution >= 0.6 is 23.2 Å². The van der Waals surface area contributed by atoms with Gasteiger partial charge in [0.05, 0.1) is 10.0 Å². The van der Waals surface area contributed by atoms with Crippen molar-refractivity contribution in [1.29, 1.82) is 0 Å². The molecule has 0 aliphatic rings. The molecule has 2 aromatic rings. The average molecular weight is 255 g/mol. The number of halogens is 2. The van der Waals surface area contributed by atoms with Gasteiger partial charge in [0.2, 0.25) is 0 Å². The standard InChI is InChI=1S/C12H8Cl2O2/c13-10-5-9(16)6-11(14)12(10)7-1-3-8(15)4-2-7/h1-6,15-16H. The third-order valence-electron chi connectivity index (χ3n) is 2.18. The Balaban J connectivity index is 2.60. The van der Waals surface area contributed by atoms with Crippen molar-refractivity contribution in [3.8, 4) is 22.6 Å². The number of hydrogen-bond donors (Lipinski definition) is 2. The lowest BCUT2D eigenvalue weighted by molar-refractivity contribution is 0.474. The molecule has 0 saturated heterocycles. The zero-order chi connectivity index (χ0) is 11.7. The van der Waals surface area contributed by atoms with Gasteiger partial charge in [0.25, 0.3) is 0 Å². The molecule has 2 aromatic carbocycles. The lowest BCUT2D eigenvalue weighted by Gasteiger charge is -2.08. The lowest BCUT2D eigenvalue weighted by atomic mass is 10.1. The fraction of sp³-hybridized carbons (Fsp3) is 0. The molecule has 0 aromatic heterocycles. The number of phenols is 2. The van der Waals surface area contributed by atoms with Crippen molar-refractivity contribution in [1.82, 2.24) is 0 Å². The third-order valence-corrected chi connectivity index (χ3v) is 2.78. The van der Waals surface area contributed by atoms with Gasteiger partial charge in [-0.05, 0) is 29.8 Å². The van der Waals surface area contributed by atoms with E-state index in [4.69, 9.17) is 23.2 Å². The van der Waals surface area contributed by atoms with E-state index in [1.165, 1.54) is 12.1 Å². The van der Waals surface area contributed by atoms with Crippen molar-refractivity contribution in [3.05, 3.63) is 46.4 Å². The highest BCUT2D eigenvalue weighted by atomic mass is 35.5. The van der Waals surface area contributed by atoms with Gasteiger partial charge in [-0.3, -0.25) is 0 Å². The molecule has 0 spiro atoms. The first-order valence-corrected chi connectivity index (χ1v) is 5.31. The first kappa shape index (κ1) is 11.1. The molecule has 4 heteroatoms. The van der Waals surface area contributed by atoms with E-state index in [0.29, 0.717) is 15.6 Å². The second kappa shape index (κ2) is 4.24. The SMILES string of the molecule is Oc1ccc(-c2c(Cl)cc(O)cc2Cl)cc1. The molecule has 2 N–H and O–H groups in total. The third kappa shape index (κ3) is 2.08. The van der Waals surface area contributed by atoms with Crippen LogP contribution in [0.15, 0.2) is 36.4 Å². The molecule has 0 heterocycles. The molecule has 0 saturated carbocycles. The van der Waals surface area contributed by atoms with E-state index in [1.807, 2.05) is 0 Å². The predicted octanol–water partition coefficient (Wildman–Crippen LogP) is 4.07. The Morgan fingerprint density at radius 3 is 1.75 bits per heavy atom. The van der Waals surface area contributed by atoms with Gasteiger partial charge in [-0.25, -0.2) is 0 Å². The number of aromatic hydroxyl groups is 2. The molecule has 82 valence electrons. The van der Waals surface area contributed by atoms with Crippen LogP contribution in [0.3, 0.4) is 0 Å². The van der Waals surface area contributed by atoms with E-state index in [0.717, 1.165) is 5.56 Å².